The molecule has 0 amide bonds. The van der Waals surface area contributed by atoms with Gasteiger partial charge in [0.25, 0.3) is 0 Å². The smallest absolute Gasteiger partial charge is 0.161 e. The van der Waals surface area contributed by atoms with E-state index in [2.05, 4.69) is 16.7 Å². The molecule has 1 heterocycles. The van der Waals surface area contributed by atoms with Crippen molar-refractivity contribution in [3.05, 3.63) is 23.8 Å². The minimum atomic E-state index is 0.0105. The Hall–Kier alpha value is -1.30. The van der Waals surface area contributed by atoms with E-state index in [0.29, 0.717) is 6.61 Å². The fraction of sp³-hybridized carbons (Fsp3) is 0.684. The van der Waals surface area contributed by atoms with E-state index in [1.807, 2.05) is 39.0 Å². The van der Waals surface area contributed by atoms with E-state index in [1.54, 1.807) is 0 Å². The first kappa shape index (κ1) is 19.0. The monoisotopic (exact) mass is 336 g/mol. The lowest BCUT2D eigenvalue weighted by atomic mass is 10.0. The maximum atomic E-state index is 9.96. The summed E-state index contributed by atoms with van der Waals surface area (Å²) >= 11 is 0. The van der Waals surface area contributed by atoms with Crippen LogP contribution in [0.2, 0.25) is 0 Å². The van der Waals surface area contributed by atoms with Gasteiger partial charge in [-0.05, 0) is 45.0 Å². The Morgan fingerprint density at radius 2 is 1.79 bits per heavy atom. The van der Waals surface area contributed by atoms with Crippen LogP contribution >= 0.6 is 0 Å². The Bertz CT molecular complexity index is 499. The SMILES string of the molecule is CCOc1cc(C(CO)N2CCN(CC)CC2)ccc1OC(C)C. The zero-order chi connectivity index (χ0) is 17.5. The Morgan fingerprint density at radius 3 is 2.33 bits per heavy atom. The van der Waals surface area contributed by atoms with Gasteiger partial charge in [0.2, 0.25) is 0 Å². The van der Waals surface area contributed by atoms with Crippen LogP contribution in [0.4, 0.5) is 0 Å². The molecule has 1 aliphatic rings. The average Bonchev–Trinajstić information content (AvgIpc) is 2.58. The number of piperazine rings is 1. The lowest BCUT2D eigenvalue weighted by Crippen LogP contribution is -2.48. The lowest BCUT2D eigenvalue weighted by Gasteiger charge is -2.38. The molecule has 5 heteroatoms. The highest BCUT2D eigenvalue weighted by Gasteiger charge is 2.25. The van der Waals surface area contributed by atoms with Crippen LogP contribution in [0, 0.1) is 0 Å². The fourth-order valence-corrected chi connectivity index (χ4v) is 3.17. The molecule has 0 aliphatic carbocycles. The predicted octanol–water partition coefficient (Wildman–Crippen LogP) is 2.54. The third-order valence-electron chi connectivity index (χ3n) is 4.48. The zero-order valence-electron chi connectivity index (χ0n) is 15.5. The molecule has 0 spiro atoms. The number of aliphatic hydroxyl groups excluding tert-OH is 1. The highest BCUT2D eigenvalue weighted by atomic mass is 16.5. The largest absolute Gasteiger partial charge is 0.490 e. The highest BCUT2D eigenvalue weighted by molar-refractivity contribution is 5.44. The topological polar surface area (TPSA) is 45.2 Å². The number of nitrogens with zero attached hydrogens (tertiary/aromatic N) is 2. The molecule has 136 valence electrons. The second-order valence-electron chi connectivity index (χ2n) is 6.47. The van der Waals surface area contributed by atoms with Crippen LogP contribution < -0.4 is 9.47 Å². The summed E-state index contributed by atoms with van der Waals surface area (Å²) in [6.07, 6.45) is 0.103. The van der Waals surface area contributed by atoms with Crippen LogP contribution in [0.25, 0.3) is 0 Å². The predicted molar refractivity (Wildman–Crippen MR) is 96.9 cm³/mol. The highest BCUT2D eigenvalue weighted by Crippen LogP contribution is 2.33. The third-order valence-corrected chi connectivity index (χ3v) is 4.48. The van der Waals surface area contributed by atoms with Crippen LogP contribution in [0.5, 0.6) is 11.5 Å². The number of hydrogen-bond acceptors (Lipinski definition) is 5. The van der Waals surface area contributed by atoms with E-state index < -0.39 is 0 Å². The quantitative estimate of drug-likeness (QED) is 0.790. The molecule has 1 atom stereocenters. The molecule has 1 aromatic rings. The van der Waals surface area contributed by atoms with Gasteiger partial charge in [0.1, 0.15) is 0 Å². The van der Waals surface area contributed by atoms with Crippen molar-refractivity contribution in [3.8, 4) is 11.5 Å². The van der Waals surface area contributed by atoms with E-state index in [-0.39, 0.29) is 18.8 Å². The molecule has 1 aliphatic heterocycles. The van der Waals surface area contributed by atoms with Crippen molar-refractivity contribution in [2.45, 2.75) is 39.8 Å². The molecule has 1 fully saturated rings. The molecule has 0 radical (unpaired) electrons. The molecule has 0 aromatic heterocycles. The fourth-order valence-electron chi connectivity index (χ4n) is 3.17. The lowest BCUT2D eigenvalue weighted by molar-refractivity contribution is 0.0670. The summed E-state index contributed by atoms with van der Waals surface area (Å²) < 4.78 is 11.6. The van der Waals surface area contributed by atoms with Gasteiger partial charge >= 0.3 is 0 Å². The van der Waals surface area contributed by atoms with Crippen molar-refractivity contribution >= 4 is 0 Å². The molecule has 0 bridgehead atoms. The molecule has 5 nitrogen and oxygen atoms in total. The number of rotatable bonds is 8. The van der Waals surface area contributed by atoms with Crippen molar-refractivity contribution in [2.24, 2.45) is 0 Å². The number of ether oxygens (including phenoxy) is 2. The first-order valence-corrected chi connectivity index (χ1v) is 9.09. The van der Waals surface area contributed by atoms with Crippen LogP contribution in [0.15, 0.2) is 18.2 Å². The van der Waals surface area contributed by atoms with Gasteiger partial charge in [-0.2, -0.15) is 0 Å². The van der Waals surface area contributed by atoms with Gasteiger partial charge in [-0.1, -0.05) is 13.0 Å². The van der Waals surface area contributed by atoms with Gasteiger partial charge in [-0.25, -0.2) is 0 Å². The van der Waals surface area contributed by atoms with Crippen molar-refractivity contribution in [1.29, 1.82) is 0 Å². The summed E-state index contributed by atoms with van der Waals surface area (Å²) in [6.45, 7) is 14.0. The minimum Gasteiger partial charge on any atom is -0.490 e. The molecule has 1 saturated heterocycles. The third kappa shape index (κ3) is 4.85. The normalized spacial score (nSPS) is 17.9. The van der Waals surface area contributed by atoms with Crippen LogP contribution in [-0.4, -0.2) is 66.9 Å². The van der Waals surface area contributed by atoms with E-state index in [9.17, 15) is 5.11 Å². The molecular weight excluding hydrogens is 304 g/mol. The molecule has 1 N–H and O–H groups in total. The van der Waals surface area contributed by atoms with Gasteiger partial charge in [0.15, 0.2) is 11.5 Å². The van der Waals surface area contributed by atoms with E-state index in [0.717, 1.165) is 49.8 Å². The zero-order valence-corrected chi connectivity index (χ0v) is 15.5. The van der Waals surface area contributed by atoms with Crippen LogP contribution in [-0.2, 0) is 0 Å². The second-order valence-corrected chi connectivity index (χ2v) is 6.47. The second kappa shape index (κ2) is 9.25. The maximum Gasteiger partial charge on any atom is 0.161 e. The van der Waals surface area contributed by atoms with E-state index >= 15 is 0 Å². The van der Waals surface area contributed by atoms with Gasteiger partial charge < -0.3 is 19.5 Å². The molecule has 2 rings (SSSR count). The van der Waals surface area contributed by atoms with Crippen LogP contribution in [0.3, 0.4) is 0 Å². The summed E-state index contributed by atoms with van der Waals surface area (Å²) in [6, 6.07) is 6.05. The molecule has 1 unspecified atom stereocenters. The molecule has 1 aromatic carbocycles. The summed E-state index contributed by atoms with van der Waals surface area (Å²) in [4.78, 5) is 4.80. The molecule has 24 heavy (non-hydrogen) atoms. The Kier molecular flexibility index (Phi) is 7.34. The van der Waals surface area contributed by atoms with Gasteiger partial charge in [-0.3, -0.25) is 4.90 Å². The van der Waals surface area contributed by atoms with Crippen LogP contribution in [0.1, 0.15) is 39.3 Å². The first-order valence-electron chi connectivity index (χ1n) is 9.09. The van der Waals surface area contributed by atoms with E-state index in [4.69, 9.17) is 9.47 Å². The Balaban J connectivity index is 2.17. The number of likely N-dealkylation sites (N-methyl/N-ethyl adjacent to an activating group) is 1. The minimum absolute atomic E-state index is 0.0105. The Morgan fingerprint density at radius 1 is 1.08 bits per heavy atom. The molecule has 0 saturated carbocycles. The summed E-state index contributed by atoms with van der Waals surface area (Å²) in [5, 5.41) is 9.96. The summed E-state index contributed by atoms with van der Waals surface area (Å²) in [5.41, 5.74) is 1.09. The maximum absolute atomic E-state index is 9.96. The van der Waals surface area contributed by atoms with Crippen molar-refractivity contribution < 1.29 is 14.6 Å². The van der Waals surface area contributed by atoms with Crippen molar-refractivity contribution in [2.75, 3.05) is 45.9 Å². The number of hydrogen-bond donors (Lipinski definition) is 1. The van der Waals surface area contributed by atoms with Crippen molar-refractivity contribution in [1.82, 2.24) is 9.80 Å². The Labute approximate surface area is 146 Å². The standard InChI is InChI=1S/C19H32N2O3/c1-5-20-9-11-21(12-10-20)17(14-22)16-7-8-18(24-15(3)4)19(13-16)23-6-2/h7-8,13,15,17,22H,5-6,9-12,14H2,1-4H3. The summed E-state index contributed by atoms with van der Waals surface area (Å²) in [5.74, 6) is 1.53. The first-order chi connectivity index (χ1) is 11.6. The summed E-state index contributed by atoms with van der Waals surface area (Å²) in [7, 11) is 0. The number of benzene rings is 1. The van der Waals surface area contributed by atoms with Gasteiger partial charge in [0, 0.05) is 26.2 Å². The number of aliphatic hydroxyl groups is 1. The molecular formula is C19H32N2O3. The van der Waals surface area contributed by atoms with Gasteiger partial charge in [-0.15, -0.1) is 0 Å². The average molecular weight is 336 g/mol. The van der Waals surface area contributed by atoms with E-state index in [1.165, 1.54) is 0 Å². The van der Waals surface area contributed by atoms with Crippen molar-refractivity contribution in [3.63, 3.8) is 0 Å². The van der Waals surface area contributed by atoms with Gasteiger partial charge in [0.05, 0.1) is 25.4 Å².